The summed E-state index contributed by atoms with van der Waals surface area (Å²) in [7, 11) is 0. The van der Waals surface area contributed by atoms with Crippen LogP contribution in [0.25, 0.3) is 0 Å². The summed E-state index contributed by atoms with van der Waals surface area (Å²) < 4.78 is 6.34. The normalized spacial score (nSPS) is 21.8. The Balaban J connectivity index is 1.87. The summed E-state index contributed by atoms with van der Waals surface area (Å²) in [6.07, 6.45) is 0.479. The Hall–Kier alpha value is -1.56. The molecule has 0 aliphatic carbocycles. The Morgan fingerprint density at radius 1 is 1.40 bits per heavy atom. The first-order chi connectivity index (χ1) is 9.40. The van der Waals surface area contributed by atoms with Gasteiger partial charge in [0.1, 0.15) is 5.75 Å². The molecule has 20 heavy (non-hydrogen) atoms. The number of hydrogen-bond acceptors (Lipinski definition) is 3. The van der Waals surface area contributed by atoms with Crippen LogP contribution in [0.15, 0.2) is 28.7 Å². The van der Waals surface area contributed by atoms with Gasteiger partial charge in [0.25, 0.3) is 5.91 Å². The third-order valence-electron chi connectivity index (χ3n) is 3.52. The Labute approximate surface area is 125 Å². The van der Waals surface area contributed by atoms with Crippen LogP contribution in [0.3, 0.4) is 0 Å². The number of carbonyl (C=O) groups is 2. The van der Waals surface area contributed by atoms with Crippen LogP contribution in [0.5, 0.6) is 5.75 Å². The number of hydrogen-bond donors (Lipinski definition) is 1. The van der Waals surface area contributed by atoms with Gasteiger partial charge < -0.3 is 14.7 Å². The molecule has 1 aromatic carbocycles. The van der Waals surface area contributed by atoms with Gasteiger partial charge >= 0.3 is 5.97 Å². The number of aliphatic carboxylic acids is 1. The maximum atomic E-state index is 12.0. The standard InChI is InChI=1S/C14H16BrNO4/c1-14(13(18)19)6-7-16(9-14)12(17)8-20-11-4-2-10(15)3-5-11/h2-5H,6-9H2,1H3,(H,18,19)/t14-/m0/s1. The Morgan fingerprint density at radius 3 is 2.60 bits per heavy atom. The fraction of sp³-hybridized carbons (Fsp3) is 0.429. The van der Waals surface area contributed by atoms with Gasteiger partial charge in [-0.1, -0.05) is 15.9 Å². The van der Waals surface area contributed by atoms with E-state index in [9.17, 15) is 9.59 Å². The maximum Gasteiger partial charge on any atom is 0.311 e. The lowest BCUT2D eigenvalue weighted by Gasteiger charge is -2.20. The molecule has 1 N–H and O–H groups in total. The van der Waals surface area contributed by atoms with Crippen molar-refractivity contribution < 1.29 is 19.4 Å². The minimum absolute atomic E-state index is 0.0721. The van der Waals surface area contributed by atoms with Gasteiger partial charge in [-0.05, 0) is 37.6 Å². The van der Waals surface area contributed by atoms with E-state index in [0.29, 0.717) is 18.7 Å². The van der Waals surface area contributed by atoms with E-state index in [1.54, 1.807) is 24.0 Å². The van der Waals surface area contributed by atoms with E-state index >= 15 is 0 Å². The highest BCUT2D eigenvalue weighted by Gasteiger charge is 2.42. The van der Waals surface area contributed by atoms with Crippen LogP contribution < -0.4 is 4.74 Å². The fourth-order valence-electron chi connectivity index (χ4n) is 2.12. The van der Waals surface area contributed by atoms with E-state index in [4.69, 9.17) is 9.84 Å². The molecule has 0 saturated carbocycles. The van der Waals surface area contributed by atoms with Crippen LogP contribution in [0, 0.1) is 5.41 Å². The average Bonchev–Trinajstić information content (AvgIpc) is 2.82. The molecule has 1 atom stereocenters. The summed E-state index contributed by atoms with van der Waals surface area (Å²) in [5, 5.41) is 9.13. The Kier molecular flexibility index (Phi) is 4.32. The first kappa shape index (κ1) is 14.8. The molecule has 1 aromatic rings. The van der Waals surface area contributed by atoms with E-state index in [1.807, 2.05) is 12.1 Å². The average molecular weight is 342 g/mol. The van der Waals surface area contributed by atoms with Gasteiger partial charge in [0.15, 0.2) is 6.61 Å². The minimum atomic E-state index is -0.860. The van der Waals surface area contributed by atoms with Crippen LogP contribution in [0.4, 0.5) is 0 Å². The highest BCUT2D eigenvalue weighted by molar-refractivity contribution is 9.10. The molecule has 108 valence electrons. The molecule has 0 unspecified atom stereocenters. The van der Waals surface area contributed by atoms with Crippen LogP contribution >= 0.6 is 15.9 Å². The lowest BCUT2D eigenvalue weighted by molar-refractivity contribution is -0.147. The molecule has 1 amide bonds. The molecule has 0 aromatic heterocycles. The Bertz CT molecular complexity index is 516. The zero-order valence-electron chi connectivity index (χ0n) is 11.1. The monoisotopic (exact) mass is 341 g/mol. The highest BCUT2D eigenvalue weighted by atomic mass is 79.9. The first-order valence-electron chi connectivity index (χ1n) is 6.30. The van der Waals surface area contributed by atoms with Crippen molar-refractivity contribution in [3.05, 3.63) is 28.7 Å². The van der Waals surface area contributed by atoms with Gasteiger partial charge in [0.05, 0.1) is 5.41 Å². The number of carbonyl (C=O) groups excluding carboxylic acids is 1. The zero-order chi connectivity index (χ0) is 14.8. The maximum absolute atomic E-state index is 12.0. The van der Waals surface area contributed by atoms with Crippen molar-refractivity contribution in [2.75, 3.05) is 19.7 Å². The summed E-state index contributed by atoms with van der Waals surface area (Å²) in [6, 6.07) is 7.19. The molecule has 2 rings (SSSR count). The smallest absolute Gasteiger partial charge is 0.311 e. The molecule has 1 fully saturated rings. The first-order valence-corrected chi connectivity index (χ1v) is 7.09. The van der Waals surface area contributed by atoms with E-state index in [-0.39, 0.29) is 19.1 Å². The van der Waals surface area contributed by atoms with Crippen molar-refractivity contribution in [3.8, 4) is 5.75 Å². The highest BCUT2D eigenvalue weighted by Crippen LogP contribution is 2.30. The van der Waals surface area contributed by atoms with Crippen molar-refractivity contribution in [3.63, 3.8) is 0 Å². The molecule has 0 bridgehead atoms. The van der Waals surface area contributed by atoms with Crippen molar-refractivity contribution >= 4 is 27.8 Å². The molecule has 6 heteroatoms. The van der Waals surface area contributed by atoms with Gasteiger partial charge in [-0.15, -0.1) is 0 Å². The molecule has 0 spiro atoms. The molecule has 1 aliphatic heterocycles. The van der Waals surface area contributed by atoms with E-state index in [2.05, 4.69) is 15.9 Å². The van der Waals surface area contributed by atoms with Crippen molar-refractivity contribution in [2.24, 2.45) is 5.41 Å². The van der Waals surface area contributed by atoms with Crippen molar-refractivity contribution in [2.45, 2.75) is 13.3 Å². The van der Waals surface area contributed by atoms with Crippen LogP contribution in [-0.2, 0) is 9.59 Å². The fourth-order valence-corrected chi connectivity index (χ4v) is 2.38. The number of halogens is 1. The molecule has 0 radical (unpaired) electrons. The van der Waals surface area contributed by atoms with Crippen LogP contribution in [-0.4, -0.2) is 41.6 Å². The molecular weight excluding hydrogens is 326 g/mol. The second-order valence-electron chi connectivity index (χ2n) is 5.17. The van der Waals surface area contributed by atoms with Crippen molar-refractivity contribution in [1.82, 2.24) is 4.90 Å². The van der Waals surface area contributed by atoms with E-state index in [1.165, 1.54) is 0 Å². The predicted molar refractivity (Wildman–Crippen MR) is 76.6 cm³/mol. The number of nitrogens with zero attached hydrogens (tertiary/aromatic N) is 1. The molecule has 1 heterocycles. The second-order valence-corrected chi connectivity index (χ2v) is 6.09. The summed E-state index contributed by atoms with van der Waals surface area (Å²) in [5.41, 5.74) is -0.840. The zero-order valence-corrected chi connectivity index (χ0v) is 12.7. The van der Waals surface area contributed by atoms with Crippen LogP contribution in [0.2, 0.25) is 0 Å². The van der Waals surface area contributed by atoms with Gasteiger partial charge in [-0.3, -0.25) is 9.59 Å². The Morgan fingerprint density at radius 2 is 2.05 bits per heavy atom. The second kappa shape index (κ2) is 5.83. The lowest BCUT2D eigenvalue weighted by atomic mass is 9.90. The van der Waals surface area contributed by atoms with Gasteiger partial charge in [0, 0.05) is 17.6 Å². The van der Waals surface area contributed by atoms with E-state index < -0.39 is 11.4 Å². The van der Waals surface area contributed by atoms with E-state index in [0.717, 1.165) is 4.47 Å². The summed E-state index contributed by atoms with van der Waals surface area (Å²) in [5.74, 6) is -0.429. The number of carboxylic acids is 1. The third-order valence-corrected chi connectivity index (χ3v) is 4.05. The number of amides is 1. The third kappa shape index (κ3) is 3.30. The number of benzene rings is 1. The molecule has 1 aliphatic rings. The summed E-state index contributed by atoms with van der Waals surface area (Å²) in [4.78, 5) is 24.7. The number of likely N-dealkylation sites (tertiary alicyclic amines) is 1. The number of rotatable bonds is 4. The topological polar surface area (TPSA) is 66.8 Å². The quantitative estimate of drug-likeness (QED) is 0.911. The van der Waals surface area contributed by atoms with Gasteiger partial charge in [-0.2, -0.15) is 0 Å². The molecule has 5 nitrogen and oxygen atoms in total. The minimum Gasteiger partial charge on any atom is -0.484 e. The largest absolute Gasteiger partial charge is 0.484 e. The number of carboxylic acid groups (broad SMARTS) is 1. The van der Waals surface area contributed by atoms with Gasteiger partial charge in [0.2, 0.25) is 0 Å². The van der Waals surface area contributed by atoms with Crippen LogP contribution in [0.1, 0.15) is 13.3 Å². The number of ether oxygens (including phenoxy) is 1. The van der Waals surface area contributed by atoms with Gasteiger partial charge in [-0.25, -0.2) is 0 Å². The van der Waals surface area contributed by atoms with Crippen molar-refractivity contribution in [1.29, 1.82) is 0 Å². The molecular formula is C14H16BrNO4. The summed E-state index contributed by atoms with van der Waals surface area (Å²) in [6.45, 7) is 2.30. The SMILES string of the molecule is C[C@]1(C(=O)O)CCN(C(=O)COc2ccc(Br)cc2)C1. The summed E-state index contributed by atoms with van der Waals surface area (Å²) >= 11 is 3.32. The predicted octanol–water partition coefficient (Wildman–Crippen LogP) is 2.15. The lowest BCUT2D eigenvalue weighted by Crippen LogP contribution is -2.37. The molecule has 1 saturated heterocycles.